The standard InChI is InChI=1S/C11H15N5/c1-8(2)15-10-5-11(14-7-13-10)16-9-3-4-12-6-9/h3-8,12H,1-2H3,(H2,13,14,15,16). The van der Waals surface area contributed by atoms with Gasteiger partial charge in [-0.3, -0.25) is 0 Å². The third-order valence-electron chi connectivity index (χ3n) is 1.97. The number of H-pyrrole nitrogens is 1. The van der Waals surface area contributed by atoms with Crippen LogP contribution in [0.4, 0.5) is 17.3 Å². The highest BCUT2D eigenvalue weighted by Crippen LogP contribution is 2.15. The number of hydrogen-bond donors (Lipinski definition) is 3. The minimum Gasteiger partial charge on any atom is -0.368 e. The molecule has 0 aliphatic rings. The summed E-state index contributed by atoms with van der Waals surface area (Å²) in [5.74, 6) is 1.60. The number of aromatic nitrogens is 3. The van der Waals surface area contributed by atoms with Gasteiger partial charge < -0.3 is 15.6 Å². The monoisotopic (exact) mass is 217 g/mol. The molecule has 0 saturated carbocycles. The van der Waals surface area contributed by atoms with E-state index in [9.17, 15) is 0 Å². The maximum atomic E-state index is 4.15. The van der Waals surface area contributed by atoms with Gasteiger partial charge in [-0.1, -0.05) is 0 Å². The van der Waals surface area contributed by atoms with Gasteiger partial charge >= 0.3 is 0 Å². The van der Waals surface area contributed by atoms with Crippen molar-refractivity contribution in [2.45, 2.75) is 19.9 Å². The summed E-state index contributed by atoms with van der Waals surface area (Å²) < 4.78 is 0. The lowest BCUT2D eigenvalue weighted by atomic mass is 10.4. The maximum absolute atomic E-state index is 4.15. The van der Waals surface area contributed by atoms with E-state index in [0.29, 0.717) is 6.04 Å². The van der Waals surface area contributed by atoms with Gasteiger partial charge in [-0.05, 0) is 19.9 Å². The van der Waals surface area contributed by atoms with Gasteiger partial charge in [0.05, 0.1) is 5.69 Å². The average molecular weight is 217 g/mol. The van der Waals surface area contributed by atoms with Crippen LogP contribution in [0.2, 0.25) is 0 Å². The van der Waals surface area contributed by atoms with Crippen molar-refractivity contribution in [3.63, 3.8) is 0 Å². The van der Waals surface area contributed by atoms with Gasteiger partial charge in [0.2, 0.25) is 0 Å². The molecule has 16 heavy (non-hydrogen) atoms. The number of nitrogens with zero attached hydrogens (tertiary/aromatic N) is 2. The van der Waals surface area contributed by atoms with Crippen LogP contribution < -0.4 is 10.6 Å². The molecule has 5 heteroatoms. The van der Waals surface area contributed by atoms with Crippen LogP contribution in [0.5, 0.6) is 0 Å². The van der Waals surface area contributed by atoms with Crippen molar-refractivity contribution in [2.24, 2.45) is 0 Å². The molecule has 0 unspecified atom stereocenters. The van der Waals surface area contributed by atoms with E-state index in [4.69, 9.17) is 0 Å². The number of nitrogens with one attached hydrogen (secondary N) is 3. The summed E-state index contributed by atoms with van der Waals surface area (Å²) in [5.41, 5.74) is 0.981. The largest absolute Gasteiger partial charge is 0.368 e. The van der Waals surface area contributed by atoms with Gasteiger partial charge in [-0.15, -0.1) is 0 Å². The molecule has 0 fully saturated rings. The minimum absolute atomic E-state index is 0.356. The lowest BCUT2D eigenvalue weighted by molar-refractivity contribution is 0.886. The summed E-state index contributed by atoms with van der Waals surface area (Å²) in [4.78, 5) is 11.3. The van der Waals surface area contributed by atoms with Gasteiger partial charge in [0.1, 0.15) is 18.0 Å². The topological polar surface area (TPSA) is 65.6 Å². The SMILES string of the molecule is CC(C)Nc1cc(Nc2cc[nH]c2)ncn1. The molecule has 84 valence electrons. The summed E-state index contributed by atoms with van der Waals surface area (Å²) in [6, 6.07) is 4.18. The molecule has 5 nitrogen and oxygen atoms in total. The molecule has 0 radical (unpaired) electrons. The van der Waals surface area contributed by atoms with Crippen LogP contribution in [-0.2, 0) is 0 Å². The normalized spacial score (nSPS) is 10.4. The molecule has 0 aliphatic carbocycles. The summed E-state index contributed by atoms with van der Waals surface area (Å²) >= 11 is 0. The van der Waals surface area contributed by atoms with Crippen LogP contribution in [0.3, 0.4) is 0 Å². The summed E-state index contributed by atoms with van der Waals surface area (Å²) in [5, 5.41) is 6.40. The van der Waals surface area contributed by atoms with Gasteiger partial charge in [-0.25, -0.2) is 9.97 Å². The molecular formula is C11H15N5. The van der Waals surface area contributed by atoms with E-state index in [2.05, 4.69) is 39.4 Å². The van der Waals surface area contributed by atoms with Crippen molar-refractivity contribution in [2.75, 3.05) is 10.6 Å². The Morgan fingerprint density at radius 1 is 1.25 bits per heavy atom. The van der Waals surface area contributed by atoms with Crippen LogP contribution >= 0.6 is 0 Å². The molecule has 0 amide bonds. The van der Waals surface area contributed by atoms with E-state index < -0.39 is 0 Å². The number of hydrogen-bond acceptors (Lipinski definition) is 4. The number of anilines is 3. The summed E-state index contributed by atoms with van der Waals surface area (Å²) in [7, 11) is 0. The Hall–Kier alpha value is -2.04. The molecule has 0 aliphatic heterocycles. The molecule has 2 aromatic heterocycles. The van der Waals surface area contributed by atoms with E-state index >= 15 is 0 Å². The van der Waals surface area contributed by atoms with Crippen molar-refractivity contribution < 1.29 is 0 Å². The molecule has 0 spiro atoms. The van der Waals surface area contributed by atoms with Crippen LogP contribution in [0.25, 0.3) is 0 Å². The van der Waals surface area contributed by atoms with Crippen LogP contribution in [0.1, 0.15) is 13.8 Å². The Kier molecular flexibility index (Phi) is 3.05. The fourth-order valence-corrected chi connectivity index (χ4v) is 1.35. The zero-order valence-electron chi connectivity index (χ0n) is 9.36. The van der Waals surface area contributed by atoms with Gasteiger partial charge in [0.15, 0.2) is 0 Å². The second-order valence-electron chi connectivity index (χ2n) is 3.81. The molecule has 0 atom stereocenters. The summed E-state index contributed by atoms with van der Waals surface area (Å²) in [6.07, 6.45) is 5.27. The Balaban J connectivity index is 2.10. The Bertz CT molecular complexity index is 435. The minimum atomic E-state index is 0.356. The van der Waals surface area contributed by atoms with E-state index in [1.807, 2.05) is 24.5 Å². The predicted octanol–water partition coefficient (Wildman–Crippen LogP) is 2.37. The van der Waals surface area contributed by atoms with Crippen LogP contribution in [-0.4, -0.2) is 21.0 Å². The zero-order chi connectivity index (χ0) is 11.4. The second kappa shape index (κ2) is 4.65. The second-order valence-corrected chi connectivity index (χ2v) is 3.81. The molecule has 2 heterocycles. The van der Waals surface area contributed by atoms with Crippen LogP contribution in [0.15, 0.2) is 30.9 Å². The fourth-order valence-electron chi connectivity index (χ4n) is 1.35. The van der Waals surface area contributed by atoms with E-state index in [0.717, 1.165) is 17.3 Å². The molecule has 2 rings (SSSR count). The molecule has 0 aromatic carbocycles. The lowest BCUT2D eigenvalue weighted by Crippen LogP contribution is -2.11. The van der Waals surface area contributed by atoms with Crippen molar-refractivity contribution in [1.29, 1.82) is 0 Å². The van der Waals surface area contributed by atoms with Gasteiger partial charge in [-0.2, -0.15) is 0 Å². The predicted molar refractivity (Wildman–Crippen MR) is 64.9 cm³/mol. The first-order chi connectivity index (χ1) is 7.74. The first-order valence-corrected chi connectivity index (χ1v) is 5.22. The highest BCUT2D eigenvalue weighted by Gasteiger charge is 2.00. The first kappa shape index (κ1) is 10.5. The Morgan fingerprint density at radius 2 is 2.06 bits per heavy atom. The highest BCUT2D eigenvalue weighted by molar-refractivity contribution is 5.57. The highest BCUT2D eigenvalue weighted by atomic mass is 15.1. The number of rotatable bonds is 4. The maximum Gasteiger partial charge on any atom is 0.135 e. The van der Waals surface area contributed by atoms with E-state index in [-0.39, 0.29) is 0 Å². The van der Waals surface area contributed by atoms with Crippen molar-refractivity contribution >= 4 is 17.3 Å². The third kappa shape index (κ3) is 2.73. The average Bonchev–Trinajstić information content (AvgIpc) is 2.70. The molecule has 0 saturated heterocycles. The van der Waals surface area contributed by atoms with Crippen molar-refractivity contribution in [3.05, 3.63) is 30.9 Å². The zero-order valence-corrected chi connectivity index (χ0v) is 9.36. The first-order valence-electron chi connectivity index (χ1n) is 5.22. The van der Waals surface area contributed by atoms with Crippen molar-refractivity contribution in [1.82, 2.24) is 15.0 Å². The van der Waals surface area contributed by atoms with E-state index in [1.54, 1.807) is 6.33 Å². The third-order valence-corrected chi connectivity index (χ3v) is 1.97. The number of aromatic amines is 1. The Labute approximate surface area is 94.3 Å². The molecule has 3 N–H and O–H groups in total. The smallest absolute Gasteiger partial charge is 0.135 e. The van der Waals surface area contributed by atoms with Crippen LogP contribution in [0, 0.1) is 0 Å². The quantitative estimate of drug-likeness (QED) is 0.735. The fraction of sp³-hybridized carbons (Fsp3) is 0.273. The van der Waals surface area contributed by atoms with Gasteiger partial charge in [0, 0.05) is 24.5 Å². The Morgan fingerprint density at radius 3 is 2.75 bits per heavy atom. The summed E-state index contributed by atoms with van der Waals surface area (Å²) in [6.45, 7) is 4.14. The van der Waals surface area contributed by atoms with Crippen molar-refractivity contribution in [3.8, 4) is 0 Å². The van der Waals surface area contributed by atoms with E-state index in [1.165, 1.54) is 0 Å². The van der Waals surface area contributed by atoms with Gasteiger partial charge in [0.25, 0.3) is 0 Å². The molecular weight excluding hydrogens is 202 g/mol. The molecule has 0 bridgehead atoms. The lowest BCUT2D eigenvalue weighted by Gasteiger charge is -2.09. The molecule has 2 aromatic rings.